The molecule has 1 saturated carbocycles. The van der Waals surface area contributed by atoms with Crippen LogP contribution in [0.1, 0.15) is 65.8 Å². The van der Waals surface area contributed by atoms with Crippen molar-refractivity contribution in [3.05, 3.63) is 89.4 Å². The van der Waals surface area contributed by atoms with Gasteiger partial charge in [-0.3, -0.25) is 14.6 Å². The van der Waals surface area contributed by atoms with Crippen molar-refractivity contribution >= 4 is 11.8 Å². The Labute approximate surface area is 220 Å². The molecule has 1 N–H and O–H groups in total. The van der Waals surface area contributed by atoms with Gasteiger partial charge in [-0.15, -0.1) is 0 Å². The van der Waals surface area contributed by atoms with E-state index in [1.165, 1.54) is 0 Å². The number of nitrogens with zero attached hydrogens (tertiary/aromatic N) is 3. The van der Waals surface area contributed by atoms with Crippen LogP contribution in [-0.2, 0) is 17.8 Å². The normalized spacial score (nSPS) is 19.6. The number of ether oxygens (including phenoxy) is 1. The quantitative estimate of drug-likeness (QED) is 0.458. The average Bonchev–Trinajstić information content (AvgIpc) is 3.22. The summed E-state index contributed by atoms with van der Waals surface area (Å²) in [5.41, 5.74) is 2.82. The maximum absolute atomic E-state index is 13.4. The van der Waals surface area contributed by atoms with Crippen LogP contribution >= 0.6 is 0 Å². The first kappa shape index (κ1) is 25.8. The van der Waals surface area contributed by atoms with Gasteiger partial charge >= 0.3 is 0 Å². The molecule has 0 spiro atoms. The highest BCUT2D eigenvalue weighted by Gasteiger charge is 2.43. The third kappa shape index (κ3) is 5.66. The van der Waals surface area contributed by atoms with Crippen LogP contribution < -0.4 is 10.1 Å². The molecule has 38 heavy (non-hydrogen) atoms. The van der Waals surface area contributed by atoms with E-state index in [-0.39, 0.29) is 43.3 Å². The van der Waals surface area contributed by atoms with Gasteiger partial charge in [-0.1, -0.05) is 30.3 Å². The minimum atomic E-state index is -2.61. The Kier molecular flexibility index (Phi) is 7.35. The Morgan fingerprint density at radius 1 is 1.11 bits per heavy atom. The lowest BCUT2D eigenvalue weighted by molar-refractivity contribution is -0.126. The molecule has 5 rings (SSSR count). The molecule has 0 bridgehead atoms. The number of rotatable bonds is 8. The Balaban J connectivity index is 1.24. The van der Waals surface area contributed by atoms with E-state index in [2.05, 4.69) is 15.3 Å². The van der Waals surface area contributed by atoms with Crippen LogP contribution in [0.15, 0.2) is 67.0 Å². The largest absolute Gasteiger partial charge is 0.474 e. The third-order valence-corrected chi connectivity index (χ3v) is 7.17. The molecule has 1 fully saturated rings. The van der Waals surface area contributed by atoms with Crippen LogP contribution in [0.2, 0.25) is 0 Å². The SMILES string of the molecule is CC(Cc1ccccn1)N1C(=O)c2ccccc2C1C(=O)NCc1ccc(OC2CCC(F)(F)CC2)nc1. The molecule has 7 nitrogen and oxygen atoms in total. The first-order chi connectivity index (χ1) is 18.3. The van der Waals surface area contributed by atoms with Crippen LogP contribution in [0.4, 0.5) is 8.78 Å². The Morgan fingerprint density at radius 3 is 2.58 bits per heavy atom. The molecule has 2 atom stereocenters. The number of benzene rings is 1. The highest BCUT2D eigenvalue weighted by molar-refractivity contribution is 6.04. The van der Waals surface area contributed by atoms with Crippen LogP contribution in [0, 0.1) is 0 Å². The van der Waals surface area contributed by atoms with Gasteiger partial charge in [-0.05, 0) is 49.1 Å². The minimum absolute atomic E-state index is 0.173. The van der Waals surface area contributed by atoms with E-state index in [1.54, 1.807) is 41.6 Å². The number of aromatic nitrogens is 2. The molecular formula is C29H30F2N4O3. The fraction of sp³-hybridized carbons (Fsp3) is 0.379. The summed E-state index contributed by atoms with van der Waals surface area (Å²) >= 11 is 0. The number of hydrogen-bond acceptors (Lipinski definition) is 5. The summed E-state index contributed by atoms with van der Waals surface area (Å²) in [6, 6.07) is 15.3. The number of hydrogen-bond donors (Lipinski definition) is 1. The van der Waals surface area contributed by atoms with Crippen molar-refractivity contribution in [2.24, 2.45) is 0 Å². The Hall–Kier alpha value is -3.88. The van der Waals surface area contributed by atoms with Gasteiger partial charge in [0, 0.05) is 61.6 Å². The minimum Gasteiger partial charge on any atom is -0.474 e. The molecule has 0 saturated heterocycles. The molecule has 1 aromatic carbocycles. The van der Waals surface area contributed by atoms with Crippen LogP contribution in [-0.4, -0.2) is 44.8 Å². The van der Waals surface area contributed by atoms with Crippen molar-refractivity contribution < 1.29 is 23.1 Å². The monoisotopic (exact) mass is 520 g/mol. The van der Waals surface area contributed by atoms with Crippen molar-refractivity contribution in [1.29, 1.82) is 0 Å². The van der Waals surface area contributed by atoms with Gasteiger partial charge < -0.3 is 15.0 Å². The Bertz CT molecular complexity index is 1280. The molecule has 2 amide bonds. The number of alkyl halides is 2. The number of pyridine rings is 2. The van der Waals surface area contributed by atoms with E-state index in [0.717, 1.165) is 11.3 Å². The van der Waals surface area contributed by atoms with Crippen molar-refractivity contribution in [3.8, 4) is 5.88 Å². The lowest BCUT2D eigenvalue weighted by Gasteiger charge is -2.30. The highest BCUT2D eigenvalue weighted by atomic mass is 19.3. The summed E-state index contributed by atoms with van der Waals surface area (Å²) in [5, 5.41) is 2.95. The molecule has 2 unspecified atom stereocenters. The van der Waals surface area contributed by atoms with Gasteiger partial charge in [0.25, 0.3) is 5.91 Å². The van der Waals surface area contributed by atoms with Crippen LogP contribution in [0.25, 0.3) is 0 Å². The first-order valence-electron chi connectivity index (χ1n) is 12.9. The molecule has 0 radical (unpaired) electrons. The van der Waals surface area contributed by atoms with Gasteiger partial charge in [-0.2, -0.15) is 0 Å². The summed E-state index contributed by atoms with van der Waals surface area (Å²) in [6.45, 7) is 2.14. The standard InChI is InChI=1S/C29H30F2N4O3/c1-19(16-21-6-4-5-15-32-21)35-26(23-7-2-3-8-24(23)28(35)37)27(36)34-18-20-9-10-25(33-17-20)38-22-11-13-29(30,31)14-12-22/h2-10,15,17,19,22,26H,11-14,16,18H2,1H3,(H,34,36). The predicted octanol–water partition coefficient (Wildman–Crippen LogP) is 4.88. The molecule has 1 aliphatic heterocycles. The molecule has 2 aromatic heterocycles. The number of carbonyl (C=O) groups is 2. The molecule has 3 heterocycles. The van der Waals surface area contributed by atoms with E-state index in [1.807, 2.05) is 37.3 Å². The second-order valence-electron chi connectivity index (χ2n) is 9.97. The summed E-state index contributed by atoms with van der Waals surface area (Å²) in [7, 11) is 0. The molecule has 3 aromatic rings. The lowest BCUT2D eigenvalue weighted by atomic mass is 9.94. The van der Waals surface area contributed by atoms with E-state index >= 15 is 0 Å². The van der Waals surface area contributed by atoms with E-state index in [9.17, 15) is 18.4 Å². The number of nitrogens with one attached hydrogen (secondary N) is 1. The fourth-order valence-electron chi connectivity index (χ4n) is 5.15. The molecule has 1 aliphatic carbocycles. The molecule has 2 aliphatic rings. The topological polar surface area (TPSA) is 84.4 Å². The van der Waals surface area contributed by atoms with E-state index in [0.29, 0.717) is 36.3 Å². The van der Waals surface area contributed by atoms with Gasteiger partial charge in [-0.25, -0.2) is 13.8 Å². The first-order valence-corrected chi connectivity index (χ1v) is 12.9. The summed E-state index contributed by atoms with van der Waals surface area (Å²) in [6.07, 6.45) is 3.80. The second kappa shape index (κ2) is 10.8. The second-order valence-corrected chi connectivity index (χ2v) is 9.97. The number of carbonyl (C=O) groups excluding carboxylic acids is 2. The van der Waals surface area contributed by atoms with Gasteiger partial charge in [0.1, 0.15) is 12.1 Å². The zero-order valence-corrected chi connectivity index (χ0v) is 21.1. The number of halogens is 2. The lowest BCUT2D eigenvalue weighted by Crippen LogP contribution is -2.44. The summed E-state index contributed by atoms with van der Waals surface area (Å²) in [5.74, 6) is -2.68. The predicted molar refractivity (Wildman–Crippen MR) is 137 cm³/mol. The van der Waals surface area contributed by atoms with Crippen molar-refractivity contribution in [3.63, 3.8) is 0 Å². The zero-order valence-electron chi connectivity index (χ0n) is 21.1. The van der Waals surface area contributed by atoms with Crippen LogP contribution in [0.5, 0.6) is 5.88 Å². The molecular weight excluding hydrogens is 490 g/mol. The van der Waals surface area contributed by atoms with E-state index in [4.69, 9.17) is 4.74 Å². The third-order valence-electron chi connectivity index (χ3n) is 7.17. The van der Waals surface area contributed by atoms with Crippen molar-refractivity contribution in [2.45, 2.75) is 69.7 Å². The number of fused-ring (bicyclic) bond motifs is 1. The van der Waals surface area contributed by atoms with Crippen LogP contribution in [0.3, 0.4) is 0 Å². The fourth-order valence-corrected chi connectivity index (χ4v) is 5.15. The van der Waals surface area contributed by atoms with Crippen molar-refractivity contribution in [2.75, 3.05) is 0 Å². The number of amides is 2. The summed E-state index contributed by atoms with van der Waals surface area (Å²) < 4.78 is 32.5. The Morgan fingerprint density at radius 2 is 1.87 bits per heavy atom. The maximum atomic E-state index is 13.4. The van der Waals surface area contributed by atoms with Gasteiger partial charge in [0.2, 0.25) is 17.7 Å². The zero-order chi connectivity index (χ0) is 26.7. The smallest absolute Gasteiger partial charge is 0.255 e. The average molecular weight is 521 g/mol. The molecule has 9 heteroatoms. The van der Waals surface area contributed by atoms with Gasteiger partial charge in [0.05, 0.1) is 0 Å². The highest BCUT2D eigenvalue weighted by Crippen LogP contribution is 2.36. The summed E-state index contributed by atoms with van der Waals surface area (Å²) in [4.78, 5) is 37.1. The van der Waals surface area contributed by atoms with Gasteiger partial charge in [0.15, 0.2) is 0 Å². The molecule has 198 valence electrons. The van der Waals surface area contributed by atoms with E-state index < -0.39 is 12.0 Å². The van der Waals surface area contributed by atoms with Crippen molar-refractivity contribution in [1.82, 2.24) is 20.2 Å². The maximum Gasteiger partial charge on any atom is 0.255 e.